The Labute approximate surface area is 122 Å². The second kappa shape index (κ2) is 5.69. The van der Waals surface area contributed by atoms with Gasteiger partial charge in [-0.05, 0) is 31.5 Å². The smallest absolute Gasteiger partial charge is 0.251 e. The summed E-state index contributed by atoms with van der Waals surface area (Å²) in [5.41, 5.74) is 0.192. The molecule has 2 rings (SSSR count). The number of hydrogen-bond acceptors (Lipinski definition) is 4. The molecule has 0 radical (unpaired) electrons. The van der Waals surface area contributed by atoms with E-state index in [1.165, 1.54) is 18.2 Å². The molecule has 0 aliphatic carbocycles. The molecule has 1 aliphatic rings. The molecule has 0 spiro atoms. The molecular formula is C12H15ClN2O4S. The lowest BCUT2D eigenvalue weighted by Crippen LogP contribution is -2.39. The Morgan fingerprint density at radius 1 is 1.50 bits per heavy atom. The van der Waals surface area contributed by atoms with Crippen LogP contribution in [-0.2, 0) is 14.8 Å². The number of carbonyl (C=O) groups is 1. The molecule has 3 N–H and O–H groups in total. The van der Waals surface area contributed by atoms with E-state index in [0.717, 1.165) is 6.42 Å². The minimum absolute atomic E-state index is 0.0124. The molecule has 2 unspecified atom stereocenters. The standard InChI is InChI=1S/C12H15ClN2O4S/c1-7-10(4-5-19-7)15-12(16)8-2-3-9(13)11(6-8)20(14,17)18/h2-3,6-7,10H,4-5H2,1H3,(H,15,16)(H2,14,17,18). The van der Waals surface area contributed by atoms with Crippen LogP contribution in [0, 0.1) is 0 Å². The number of nitrogens with two attached hydrogens (primary N) is 1. The number of primary sulfonamides is 1. The van der Waals surface area contributed by atoms with Crippen molar-refractivity contribution in [2.45, 2.75) is 30.4 Å². The second-order valence-electron chi connectivity index (χ2n) is 4.63. The first kappa shape index (κ1) is 15.2. The summed E-state index contributed by atoms with van der Waals surface area (Å²) in [5, 5.41) is 7.84. The van der Waals surface area contributed by atoms with Gasteiger partial charge in [0.15, 0.2) is 0 Å². The van der Waals surface area contributed by atoms with Crippen molar-refractivity contribution in [3.8, 4) is 0 Å². The van der Waals surface area contributed by atoms with Crippen molar-refractivity contribution in [2.24, 2.45) is 5.14 Å². The van der Waals surface area contributed by atoms with E-state index in [4.69, 9.17) is 21.5 Å². The van der Waals surface area contributed by atoms with Crippen LogP contribution >= 0.6 is 11.6 Å². The fraction of sp³-hybridized carbons (Fsp3) is 0.417. The summed E-state index contributed by atoms with van der Waals surface area (Å²) in [6.45, 7) is 2.46. The third-order valence-corrected chi connectivity index (χ3v) is 4.59. The van der Waals surface area contributed by atoms with Gasteiger partial charge in [0.25, 0.3) is 5.91 Å². The third kappa shape index (κ3) is 3.29. The SMILES string of the molecule is CC1OCCC1NC(=O)c1ccc(Cl)c(S(N)(=O)=O)c1. The van der Waals surface area contributed by atoms with E-state index in [9.17, 15) is 13.2 Å². The molecule has 110 valence electrons. The molecule has 0 saturated carbocycles. The van der Waals surface area contributed by atoms with Gasteiger partial charge in [0.1, 0.15) is 4.90 Å². The Kier molecular flexibility index (Phi) is 4.33. The van der Waals surface area contributed by atoms with E-state index in [1.54, 1.807) is 0 Å². The van der Waals surface area contributed by atoms with Crippen molar-refractivity contribution >= 4 is 27.5 Å². The normalized spacial score (nSPS) is 22.8. The van der Waals surface area contributed by atoms with E-state index in [2.05, 4.69) is 5.32 Å². The number of nitrogens with one attached hydrogen (secondary N) is 1. The number of carbonyl (C=O) groups excluding carboxylic acids is 1. The average Bonchev–Trinajstić information content (AvgIpc) is 2.74. The average molecular weight is 319 g/mol. The Bertz CT molecular complexity index is 632. The van der Waals surface area contributed by atoms with Gasteiger partial charge in [0.2, 0.25) is 10.0 Å². The molecule has 1 aliphatic heterocycles. The number of hydrogen-bond donors (Lipinski definition) is 2. The molecule has 1 saturated heterocycles. The van der Waals surface area contributed by atoms with Crippen LogP contribution < -0.4 is 10.5 Å². The van der Waals surface area contributed by atoms with Crippen LogP contribution in [0.4, 0.5) is 0 Å². The molecule has 6 nitrogen and oxygen atoms in total. The molecule has 2 atom stereocenters. The van der Waals surface area contributed by atoms with Crippen LogP contribution in [0.1, 0.15) is 23.7 Å². The topological polar surface area (TPSA) is 98.5 Å². The first-order chi connectivity index (χ1) is 9.29. The van der Waals surface area contributed by atoms with Crippen molar-refractivity contribution in [1.29, 1.82) is 0 Å². The molecule has 8 heteroatoms. The first-order valence-corrected chi connectivity index (χ1v) is 7.96. The van der Waals surface area contributed by atoms with Gasteiger partial charge in [-0.3, -0.25) is 4.79 Å². The van der Waals surface area contributed by atoms with Crippen molar-refractivity contribution < 1.29 is 17.9 Å². The van der Waals surface area contributed by atoms with Gasteiger partial charge >= 0.3 is 0 Å². The molecule has 0 aromatic heterocycles. The lowest BCUT2D eigenvalue weighted by atomic mass is 10.1. The molecular weight excluding hydrogens is 304 g/mol. The lowest BCUT2D eigenvalue weighted by molar-refractivity contribution is 0.0866. The van der Waals surface area contributed by atoms with Gasteiger partial charge in [-0.1, -0.05) is 11.6 Å². The summed E-state index contributed by atoms with van der Waals surface area (Å²) >= 11 is 5.77. The Balaban J connectivity index is 2.23. The van der Waals surface area contributed by atoms with Crippen LogP contribution in [-0.4, -0.2) is 33.1 Å². The maximum Gasteiger partial charge on any atom is 0.251 e. The molecule has 0 bridgehead atoms. The highest BCUT2D eigenvalue weighted by molar-refractivity contribution is 7.89. The molecule has 1 fully saturated rings. The summed E-state index contributed by atoms with van der Waals surface area (Å²) in [5.74, 6) is -0.381. The molecule has 1 heterocycles. The highest BCUT2D eigenvalue weighted by atomic mass is 35.5. The van der Waals surface area contributed by atoms with Gasteiger partial charge in [-0.15, -0.1) is 0 Å². The van der Waals surface area contributed by atoms with Crippen LogP contribution in [0.25, 0.3) is 0 Å². The van der Waals surface area contributed by atoms with Crippen molar-refractivity contribution in [1.82, 2.24) is 5.32 Å². The quantitative estimate of drug-likeness (QED) is 0.864. The second-order valence-corrected chi connectivity index (χ2v) is 6.57. The van der Waals surface area contributed by atoms with E-state index in [1.807, 2.05) is 6.92 Å². The molecule has 1 amide bonds. The summed E-state index contributed by atoms with van der Waals surface area (Å²) in [7, 11) is -3.96. The van der Waals surface area contributed by atoms with Gasteiger partial charge < -0.3 is 10.1 Å². The summed E-state index contributed by atoms with van der Waals surface area (Å²) in [6.07, 6.45) is 0.659. The fourth-order valence-electron chi connectivity index (χ4n) is 2.04. The Morgan fingerprint density at radius 3 is 2.75 bits per heavy atom. The van der Waals surface area contributed by atoms with Gasteiger partial charge in [0.05, 0.1) is 17.2 Å². The third-order valence-electron chi connectivity index (χ3n) is 3.19. The van der Waals surface area contributed by atoms with E-state index >= 15 is 0 Å². The number of halogens is 1. The lowest BCUT2D eigenvalue weighted by Gasteiger charge is -2.16. The first-order valence-electron chi connectivity index (χ1n) is 6.04. The van der Waals surface area contributed by atoms with Crippen molar-refractivity contribution in [3.05, 3.63) is 28.8 Å². The monoisotopic (exact) mass is 318 g/mol. The van der Waals surface area contributed by atoms with E-state index in [-0.39, 0.29) is 33.5 Å². The minimum atomic E-state index is -3.96. The zero-order valence-corrected chi connectivity index (χ0v) is 12.4. The van der Waals surface area contributed by atoms with Gasteiger partial charge in [-0.25, -0.2) is 13.6 Å². The van der Waals surface area contributed by atoms with E-state index < -0.39 is 10.0 Å². The maximum absolute atomic E-state index is 12.1. The minimum Gasteiger partial charge on any atom is -0.376 e. The van der Waals surface area contributed by atoms with Crippen LogP contribution in [0.2, 0.25) is 5.02 Å². The largest absolute Gasteiger partial charge is 0.376 e. The predicted molar refractivity (Wildman–Crippen MR) is 74.1 cm³/mol. The van der Waals surface area contributed by atoms with E-state index in [0.29, 0.717) is 6.61 Å². The number of benzene rings is 1. The number of ether oxygens (including phenoxy) is 1. The zero-order valence-electron chi connectivity index (χ0n) is 10.8. The van der Waals surface area contributed by atoms with Crippen LogP contribution in [0.3, 0.4) is 0 Å². The number of sulfonamides is 1. The molecule has 20 heavy (non-hydrogen) atoms. The van der Waals surface area contributed by atoms with Crippen LogP contribution in [0.5, 0.6) is 0 Å². The summed E-state index contributed by atoms with van der Waals surface area (Å²) < 4.78 is 28.1. The van der Waals surface area contributed by atoms with Gasteiger partial charge in [0, 0.05) is 12.2 Å². The molecule has 1 aromatic carbocycles. The highest BCUT2D eigenvalue weighted by Gasteiger charge is 2.26. The molecule has 1 aromatic rings. The predicted octanol–water partition coefficient (Wildman–Crippen LogP) is 0.895. The van der Waals surface area contributed by atoms with Crippen molar-refractivity contribution in [2.75, 3.05) is 6.61 Å². The number of rotatable bonds is 3. The Hall–Kier alpha value is -1.15. The maximum atomic E-state index is 12.1. The fourth-order valence-corrected chi connectivity index (χ4v) is 3.11. The Morgan fingerprint density at radius 2 is 2.20 bits per heavy atom. The highest BCUT2D eigenvalue weighted by Crippen LogP contribution is 2.22. The number of amides is 1. The zero-order chi connectivity index (χ0) is 14.9. The van der Waals surface area contributed by atoms with Crippen LogP contribution in [0.15, 0.2) is 23.1 Å². The van der Waals surface area contributed by atoms with Gasteiger partial charge in [-0.2, -0.15) is 0 Å². The summed E-state index contributed by atoms with van der Waals surface area (Å²) in [6, 6.07) is 3.88. The summed E-state index contributed by atoms with van der Waals surface area (Å²) in [4.78, 5) is 11.8. The van der Waals surface area contributed by atoms with Crippen molar-refractivity contribution in [3.63, 3.8) is 0 Å².